The van der Waals surface area contributed by atoms with E-state index in [1.165, 1.54) is 4.31 Å². The van der Waals surface area contributed by atoms with E-state index >= 15 is 0 Å². The van der Waals surface area contributed by atoms with E-state index in [4.69, 9.17) is 9.47 Å². The standard InChI is InChI=1S/C19H26N2O4S/c1-15(2)21(14-17-6-5-9-20-13-17)26(22,23)18-7-8-19(16(3)12-18)25-11-10-24-4/h5-9,12-13,15H,10-11,14H2,1-4H3. The van der Waals surface area contributed by atoms with Gasteiger partial charge in [0, 0.05) is 32.1 Å². The topological polar surface area (TPSA) is 68.7 Å². The molecule has 0 bridgehead atoms. The molecule has 0 N–H and O–H groups in total. The van der Waals surface area contributed by atoms with Crippen molar-refractivity contribution in [1.82, 2.24) is 9.29 Å². The lowest BCUT2D eigenvalue weighted by atomic mass is 10.2. The van der Waals surface area contributed by atoms with E-state index in [9.17, 15) is 8.42 Å². The second-order valence-electron chi connectivity index (χ2n) is 6.27. The summed E-state index contributed by atoms with van der Waals surface area (Å²) in [5, 5.41) is 0. The zero-order chi connectivity index (χ0) is 19.2. The van der Waals surface area contributed by atoms with E-state index in [1.54, 1.807) is 43.8 Å². The average molecular weight is 378 g/mol. The molecular formula is C19H26N2O4S. The predicted molar refractivity (Wildman–Crippen MR) is 101 cm³/mol. The average Bonchev–Trinajstić information content (AvgIpc) is 2.61. The maximum absolute atomic E-state index is 13.1. The minimum absolute atomic E-state index is 0.182. The molecule has 6 nitrogen and oxygen atoms in total. The number of aryl methyl sites for hydroxylation is 1. The number of benzene rings is 1. The van der Waals surface area contributed by atoms with Crippen molar-refractivity contribution >= 4 is 10.0 Å². The van der Waals surface area contributed by atoms with E-state index < -0.39 is 10.0 Å². The van der Waals surface area contributed by atoms with Gasteiger partial charge in [-0.1, -0.05) is 6.07 Å². The SMILES string of the molecule is COCCOc1ccc(S(=O)(=O)N(Cc2cccnc2)C(C)C)cc1C. The summed E-state index contributed by atoms with van der Waals surface area (Å²) in [5.74, 6) is 0.657. The Balaban J connectivity index is 2.27. The molecule has 0 saturated heterocycles. The third kappa shape index (κ3) is 5.03. The number of ether oxygens (including phenoxy) is 2. The molecule has 2 aromatic rings. The first kappa shape index (κ1) is 20.4. The summed E-state index contributed by atoms with van der Waals surface area (Å²) in [6.07, 6.45) is 3.35. The Hall–Kier alpha value is -1.96. The molecule has 0 spiro atoms. The number of hydrogen-bond donors (Lipinski definition) is 0. The van der Waals surface area contributed by atoms with Crippen LogP contribution in [-0.4, -0.2) is 44.1 Å². The van der Waals surface area contributed by atoms with Crippen molar-refractivity contribution in [1.29, 1.82) is 0 Å². The molecule has 0 radical (unpaired) electrons. The fourth-order valence-electron chi connectivity index (χ4n) is 2.53. The third-order valence-electron chi connectivity index (χ3n) is 3.94. The van der Waals surface area contributed by atoms with Crippen molar-refractivity contribution in [2.75, 3.05) is 20.3 Å². The maximum atomic E-state index is 13.1. The van der Waals surface area contributed by atoms with E-state index in [2.05, 4.69) is 4.98 Å². The van der Waals surface area contributed by atoms with E-state index in [-0.39, 0.29) is 17.5 Å². The summed E-state index contributed by atoms with van der Waals surface area (Å²) in [7, 11) is -2.03. The minimum atomic E-state index is -3.64. The highest BCUT2D eigenvalue weighted by Crippen LogP contribution is 2.26. The van der Waals surface area contributed by atoms with Crippen LogP contribution in [-0.2, 0) is 21.3 Å². The normalized spacial score (nSPS) is 11.9. The van der Waals surface area contributed by atoms with Gasteiger partial charge in [0.1, 0.15) is 12.4 Å². The molecule has 26 heavy (non-hydrogen) atoms. The highest BCUT2D eigenvalue weighted by molar-refractivity contribution is 7.89. The fraction of sp³-hybridized carbons (Fsp3) is 0.421. The Kier molecular flexibility index (Phi) is 7.14. The molecule has 0 saturated carbocycles. The monoisotopic (exact) mass is 378 g/mol. The van der Waals surface area contributed by atoms with Crippen molar-refractivity contribution in [3.05, 3.63) is 53.9 Å². The van der Waals surface area contributed by atoms with Gasteiger partial charge < -0.3 is 9.47 Å². The van der Waals surface area contributed by atoms with Crippen LogP contribution in [0.15, 0.2) is 47.6 Å². The number of nitrogens with zero attached hydrogens (tertiary/aromatic N) is 2. The van der Waals surface area contributed by atoms with E-state index in [1.807, 2.05) is 26.8 Å². The van der Waals surface area contributed by atoms with E-state index in [0.717, 1.165) is 11.1 Å². The lowest BCUT2D eigenvalue weighted by Gasteiger charge is -2.26. The smallest absolute Gasteiger partial charge is 0.243 e. The summed E-state index contributed by atoms with van der Waals surface area (Å²) >= 11 is 0. The Morgan fingerprint density at radius 1 is 1.19 bits per heavy atom. The molecule has 0 aliphatic carbocycles. The summed E-state index contributed by atoms with van der Waals surface area (Å²) in [5.41, 5.74) is 1.62. The van der Waals surface area contributed by atoms with Crippen LogP contribution in [0, 0.1) is 6.92 Å². The number of rotatable bonds is 9. The van der Waals surface area contributed by atoms with Gasteiger partial charge >= 0.3 is 0 Å². The summed E-state index contributed by atoms with van der Waals surface area (Å²) < 4.78 is 38.3. The first-order valence-corrected chi connectivity index (χ1v) is 9.93. The summed E-state index contributed by atoms with van der Waals surface area (Å²) in [4.78, 5) is 4.32. The van der Waals surface area contributed by atoms with Gasteiger partial charge in [0.2, 0.25) is 10.0 Å². The number of pyridine rings is 1. The Morgan fingerprint density at radius 2 is 1.96 bits per heavy atom. The number of hydrogen-bond acceptors (Lipinski definition) is 5. The molecule has 0 fully saturated rings. The third-order valence-corrected chi connectivity index (χ3v) is 5.95. The lowest BCUT2D eigenvalue weighted by Crippen LogP contribution is -2.36. The second kappa shape index (κ2) is 9.12. The van der Waals surface area contributed by atoms with Crippen LogP contribution in [0.2, 0.25) is 0 Å². The molecule has 0 unspecified atom stereocenters. The van der Waals surface area contributed by atoms with Crippen LogP contribution < -0.4 is 4.74 Å². The van der Waals surface area contributed by atoms with Crippen molar-refractivity contribution in [3.63, 3.8) is 0 Å². The molecule has 0 aliphatic heterocycles. The van der Waals surface area contributed by atoms with Gasteiger partial charge in [-0.25, -0.2) is 8.42 Å². The van der Waals surface area contributed by atoms with Crippen LogP contribution in [0.25, 0.3) is 0 Å². The van der Waals surface area contributed by atoms with Gasteiger partial charge in [-0.2, -0.15) is 4.31 Å². The first-order chi connectivity index (χ1) is 12.4. The van der Waals surface area contributed by atoms with Gasteiger partial charge in [0.25, 0.3) is 0 Å². The lowest BCUT2D eigenvalue weighted by molar-refractivity contribution is 0.146. The van der Waals surface area contributed by atoms with E-state index in [0.29, 0.717) is 19.0 Å². The van der Waals surface area contributed by atoms with Crippen LogP contribution in [0.1, 0.15) is 25.0 Å². The fourth-order valence-corrected chi connectivity index (χ4v) is 4.24. The van der Waals surface area contributed by atoms with Crippen molar-refractivity contribution in [3.8, 4) is 5.75 Å². The molecule has 7 heteroatoms. The summed E-state index contributed by atoms with van der Waals surface area (Å²) in [6, 6.07) is 8.42. The molecule has 1 aromatic carbocycles. The Morgan fingerprint density at radius 3 is 2.54 bits per heavy atom. The largest absolute Gasteiger partial charge is 0.491 e. The highest BCUT2D eigenvalue weighted by Gasteiger charge is 2.27. The van der Waals surface area contributed by atoms with Gasteiger partial charge in [-0.15, -0.1) is 0 Å². The molecule has 0 atom stereocenters. The Bertz CT molecular complexity index is 808. The minimum Gasteiger partial charge on any atom is -0.491 e. The number of aromatic nitrogens is 1. The maximum Gasteiger partial charge on any atom is 0.243 e. The van der Waals surface area contributed by atoms with Gasteiger partial charge in [-0.3, -0.25) is 4.98 Å². The highest BCUT2D eigenvalue weighted by atomic mass is 32.2. The van der Waals surface area contributed by atoms with Crippen LogP contribution in [0.3, 0.4) is 0 Å². The van der Waals surface area contributed by atoms with Gasteiger partial charge in [0.05, 0.1) is 11.5 Å². The van der Waals surface area contributed by atoms with Crippen molar-refractivity contribution < 1.29 is 17.9 Å². The molecular weight excluding hydrogens is 352 g/mol. The molecule has 1 heterocycles. The van der Waals surface area contributed by atoms with Gasteiger partial charge in [-0.05, 0) is 56.2 Å². The molecule has 0 amide bonds. The number of sulfonamides is 1. The zero-order valence-electron chi connectivity index (χ0n) is 15.7. The van der Waals surface area contributed by atoms with Crippen LogP contribution >= 0.6 is 0 Å². The molecule has 142 valence electrons. The first-order valence-electron chi connectivity index (χ1n) is 8.49. The van der Waals surface area contributed by atoms with Crippen LogP contribution in [0.4, 0.5) is 0 Å². The zero-order valence-corrected chi connectivity index (χ0v) is 16.5. The Labute approximate surface area is 155 Å². The van der Waals surface area contributed by atoms with Crippen molar-refractivity contribution in [2.24, 2.45) is 0 Å². The van der Waals surface area contributed by atoms with Crippen LogP contribution in [0.5, 0.6) is 5.75 Å². The second-order valence-corrected chi connectivity index (χ2v) is 8.16. The van der Waals surface area contributed by atoms with Crippen molar-refractivity contribution in [2.45, 2.75) is 38.3 Å². The molecule has 2 rings (SSSR count). The predicted octanol–water partition coefficient (Wildman–Crippen LogP) is 3.01. The summed E-state index contributed by atoms with van der Waals surface area (Å²) in [6.45, 7) is 6.74. The molecule has 1 aromatic heterocycles. The quantitative estimate of drug-likeness (QED) is 0.628. The van der Waals surface area contributed by atoms with Gasteiger partial charge in [0.15, 0.2) is 0 Å². The number of methoxy groups -OCH3 is 1. The molecule has 0 aliphatic rings.